The van der Waals surface area contributed by atoms with Gasteiger partial charge >= 0.3 is 0 Å². The minimum Gasteiger partial charge on any atom is -0.481 e. The first-order valence-corrected chi connectivity index (χ1v) is 7.13. The number of pyridine rings is 1. The first kappa shape index (κ1) is 14.0. The first-order chi connectivity index (χ1) is 10.2. The van der Waals surface area contributed by atoms with Crippen LogP contribution >= 0.6 is 12.2 Å². The monoisotopic (exact) mass is 304 g/mol. The van der Waals surface area contributed by atoms with Crippen molar-refractivity contribution >= 4 is 12.2 Å². The summed E-state index contributed by atoms with van der Waals surface area (Å²) >= 11 is 5.00. The van der Waals surface area contributed by atoms with Gasteiger partial charge < -0.3 is 9.72 Å². The Bertz CT molecular complexity index is 768. The van der Waals surface area contributed by atoms with E-state index in [9.17, 15) is 4.79 Å². The molecule has 1 aliphatic heterocycles. The Morgan fingerprint density at radius 2 is 2.33 bits per heavy atom. The Labute approximate surface area is 126 Å². The zero-order valence-corrected chi connectivity index (χ0v) is 12.5. The molecule has 21 heavy (non-hydrogen) atoms. The fourth-order valence-corrected chi connectivity index (χ4v) is 2.83. The number of rotatable bonds is 3. The quantitative estimate of drug-likeness (QED) is 0.838. The molecule has 2 N–H and O–H groups in total. The highest BCUT2D eigenvalue weighted by Gasteiger charge is 2.20. The van der Waals surface area contributed by atoms with E-state index in [0.717, 1.165) is 29.8 Å². The number of hydrogen-bond donors (Lipinski definition) is 2. The average Bonchev–Trinajstić information content (AvgIpc) is 2.48. The molecule has 0 unspecified atom stereocenters. The van der Waals surface area contributed by atoms with Gasteiger partial charge in [0.15, 0.2) is 4.77 Å². The van der Waals surface area contributed by atoms with Gasteiger partial charge in [0.25, 0.3) is 5.56 Å². The molecule has 2 aromatic rings. The van der Waals surface area contributed by atoms with E-state index in [2.05, 4.69) is 19.9 Å². The van der Waals surface area contributed by atoms with Crippen molar-refractivity contribution in [1.29, 1.82) is 0 Å². The largest absolute Gasteiger partial charge is 0.481 e. The van der Waals surface area contributed by atoms with Crippen molar-refractivity contribution in [1.82, 2.24) is 19.9 Å². The molecule has 0 aromatic carbocycles. The molecule has 0 bridgehead atoms. The molecule has 2 aromatic heterocycles. The van der Waals surface area contributed by atoms with Gasteiger partial charge in [-0.25, -0.2) is 4.98 Å². The fraction of sp³-hybridized carbons (Fsp3) is 0.357. The van der Waals surface area contributed by atoms with Gasteiger partial charge in [0.2, 0.25) is 5.88 Å². The van der Waals surface area contributed by atoms with Crippen LogP contribution in [0.1, 0.15) is 16.8 Å². The van der Waals surface area contributed by atoms with E-state index in [-0.39, 0.29) is 5.56 Å². The summed E-state index contributed by atoms with van der Waals surface area (Å²) in [6.45, 7) is 2.15. The number of ether oxygens (including phenoxy) is 1. The van der Waals surface area contributed by atoms with Crippen molar-refractivity contribution in [2.24, 2.45) is 0 Å². The van der Waals surface area contributed by atoms with Crippen LogP contribution in [0.15, 0.2) is 23.1 Å². The predicted molar refractivity (Wildman–Crippen MR) is 80.9 cm³/mol. The highest BCUT2D eigenvalue weighted by molar-refractivity contribution is 7.71. The van der Waals surface area contributed by atoms with Gasteiger partial charge in [0, 0.05) is 43.5 Å². The number of H-pyrrole nitrogens is 2. The molecular weight excluding hydrogens is 288 g/mol. The Morgan fingerprint density at radius 1 is 1.48 bits per heavy atom. The van der Waals surface area contributed by atoms with Gasteiger partial charge in [-0.15, -0.1) is 0 Å². The molecule has 0 atom stereocenters. The lowest BCUT2D eigenvalue weighted by Gasteiger charge is -2.28. The summed E-state index contributed by atoms with van der Waals surface area (Å²) in [4.78, 5) is 24.1. The second-order valence-corrected chi connectivity index (χ2v) is 5.41. The Morgan fingerprint density at radius 3 is 3.14 bits per heavy atom. The van der Waals surface area contributed by atoms with E-state index in [1.165, 1.54) is 0 Å². The lowest BCUT2D eigenvalue weighted by molar-refractivity contribution is 0.237. The third kappa shape index (κ3) is 2.88. The summed E-state index contributed by atoms with van der Waals surface area (Å²) in [6.07, 6.45) is 2.49. The molecule has 0 amide bonds. The van der Waals surface area contributed by atoms with Gasteiger partial charge in [-0.05, 0) is 18.3 Å². The summed E-state index contributed by atoms with van der Waals surface area (Å²) in [6, 6.07) is 3.88. The minimum absolute atomic E-state index is 0.100. The molecule has 3 heterocycles. The zero-order valence-electron chi connectivity index (χ0n) is 11.7. The third-order valence-corrected chi connectivity index (χ3v) is 3.83. The highest BCUT2D eigenvalue weighted by atomic mass is 32.1. The van der Waals surface area contributed by atoms with Gasteiger partial charge in [-0.3, -0.25) is 14.7 Å². The third-order valence-electron chi connectivity index (χ3n) is 3.63. The summed E-state index contributed by atoms with van der Waals surface area (Å²) in [5, 5.41) is 0. The Hall–Kier alpha value is -1.99. The second kappa shape index (κ2) is 5.79. The summed E-state index contributed by atoms with van der Waals surface area (Å²) in [5.74, 6) is 0.629. The normalized spacial score (nSPS) is 14.7. The van der Waals surface area contributed by atoms with Gasteiger partial charge in [-0.2, -0.15) is 0 Å². The molecule has 0 fully saturated rings. The van der Waals surface area contributed by atoms with Gasteiger partial charge in [0.05, 0.1) is 12.7 Å². The summed E-state index contributed by atoms with van der Waals surface area (Å²) in [7, 11) is 1.61. The minimum atomic E-state index is -0.100. The highest BCUT2D eigenvalue weighted by Crippen LogP contribution is 2.20. The number of fused-ring (bicyclic) bond motifs is 1. The van der Waals surface area contributed by atoms with Crippen LogP contribution in [0, 0.1) is 4.77 Å². The van der Waals surface area contributed by atoms with E-state index in [1.807, 2.05) is 12.1 Å². The number of aromatic amines is 2. The molecule has 7 heteroatoms. The number of hydrogen-bond acceptors (Lipinski definition) is 5. The van der Waals surface area contributed by atoms with Crippen molar-refractivity contribution in [2.75, 3.05) is 13.7 Å². The Balaban J connectivity index is 1.84. The van der Waals surface area contributed by atoms with E-state index in [0.29, 0.717) is 23.7 Å². The number of nitrogens with zero attached hydrogens (tertiary/aromatic N) is 2. The van der Waals surface area contributed by atoms with Crippen LogP contribution in [0.2, 0.25) is 0 Å². The van der Waals surface area contributed by atoms with E-state index < -0.39 is 0 Å². The Kier molecular flexibility index (Phi) is 3.85. The molecule has 0 spiro atoms. The van der Waals surface area contributed by atoms with Gasteiger partial charge in [-0.1, -0.05) is 6.07 Å². The van der Waals surface area contributed by atoms with Gasteiger partial charge in [0.1, 0.15) is 0 Å². The first-order valence-electron chi connectivity index (χ1n) is 6.72. The van der Waals surface area contributed by atoms with Crippen LogP contribution in [0.25, 0.3) is 0 Å². The molecule has 6 nitrogen and oxygen atoms in total. The van der Waals surface area contributed by atoms with Crippen LogP contribution in [-0.4, -0.2) is 33.5 Å². The lowest BCUT2D eigenvalue weighted by Crippen LogP contribution is -2.35. The summed E-state index contributed by atoms with van der Waals surface area (Å²) in [5.41, 5.74) is 2.62. The van der Waals surface area contributed by atoms with E-state index >= 15 is 0 Å². The standard InChI is InChI=1S/C14H16N4O2S/c1-20-13-9(3-2-5-15-13)7-18-6-4-11-10(8-18)12(19)17-14(21)16-11/h2-3,5H,4,6-8H2,1H3,(H2,16,17,19,21). The smallest absolute Gasteiger partial charge is 0.256 e. The molecule has 0 saturated heterocycles. The molecule has 0 radical (unpaired) electrons. The maximum Gasteiger partial charge on any atom is 0.256 e. The number of aromatic nitrogens is 3. The van der Waals surface area contributed by atoms with Crippen molar-refractivity contribution in [3.05, 3.63) is 50.3 Å². The molecule has 1 aliphatic rings. The fourth-order valence-electron chi connectivity index (χ4n) is 2.62. The van der Waals surface area contributed by atoms with Crippen LogP contribution in [0.5, 0.6) is 5.88 Å². The SMILES string of the molecule is COc1ncccc1CN1CCc2[nH]c(=S)[nH]c(=O)c2C1. The molecule has 110 valence electrons. The van der Waals surface area contributed by atoms with Crippen LogP contribution in [-0.2, 0) is 19.5 Å². The molecule has 3 rings (SSSR count). The van der Waals surface area contributed by atoms with Crippen molar-refractivity contribution in [3.63, 3.8) is 0 Å². The number of methoxy groups -OCH3 is 1. The van der Waals surface area contributed by atoms with Crippen molar-refractivity contribution in [2.45, 2.75) is 19.5 Å². The maximum atomic E-state index is 12.0. The van der Waals surface area contributed by atoms with Crippen LogP contribution in [0.4, 0.5) is 0 Å². The van der Waals surface area contributed by atoms with Crippen molar-refractivity contribution in [3.8, 4) is 5.88 Å². The van der Waals surface area contributed by atoms with Crippen LogP contribution in [0.3, 0.4) is 0 Å². The average molecular weight is 304 g/mol. The van der Waals surface area contributed by atoms with Crippen LogP contribution < -0.4 is 10.3 Å². The van der Waals surface area contributed by atoms with Crippen molar-refractivity contribution < 1.29 is 4.74 Å². The van der Waals surface area contributed by atoms with E-state index in [1.54, 1.807) is 13.3 Å². The van der Waals surface area contributed by atoms with E-state index in [4.69, 9.17) is 17.0 Å². The topological polar surface area (TPSA) is 74.0 Å². The molecule has 0 saturated carbocycles. The zero-order chi connectivity index (χ0) is 14.8. The molecule has 0 aliphatic carbocycles. The maximum absolute atomic E-state index is 12.0. The predicted octanol–water partition coefficient (Wildman–Crippen LogP) is 1.39. The number of nitrogens with one attached hydrogen (secondary N) is 2. The lowest BCUT2D eigenvalue weighted by atomic mass is 10.1. The molecular formula is C14H16N4O2S. The summed E-state index contributed by atoms with van der Waals surface area (Å²) < 4.78 is 5.66. The second-order valence-electron chi connectivity index (χ2n) is 5.00.